The summed E-state index contributed by atoms with van der Waals surface area (Å²) in [6, 6.07) is 10.8. The van der Waals surface area contributed by atoms with Crippen molar-refractivity contribution in [1.82, 2.24) is 5.32 Å². The summed E-state index contributed by atoms with van der Waals surface area (Å²) in [6.45, 7) is 6.17. The van der Waals surface area contributed by atoms with E-state index in [4.69, 9.17) is 5.26 Å². The Labute approximate surface area is 108 Å². The molecule has 0 saturated heterocycles. The molecule has 3 heteroatoms. The predicted molar refractivity (Wildman–Crippen MR) is 74.0 cm³/mol. The third kappa shape index (κ3) is 5.25. The minimum atomic E-state index is 0.0638. The van der Waals surface area contributed by atoms with Crippen LogP contribution in [0.4, 0.5) is 0 Å². The van der Waals surface area contributed by atoms with Gasteiger partial charge in [-0.3, -0.25) is 0 Å². The van der Waals surface area contributed by atoms with E-state index in [2.05, 4.69) is 42.6 Å². The zero-order valence-electron chi connectivity index (χ0n) is 10.6. The van der Waals surface area contributed by atoms with E-state index >= 15 is 0 Å². The van der Waals surface area contributed by atoms with Gasteiger partial charge in [0.25, 0.3) is 0 Å². The van der Waals surface area contributed by atoms with E-state index in [0.29, 0.717) is 0 Å². The van der Waals surface area contributed by atoms with Gasteiger partial charge in [0.05, 0.1) is 11.3 Å². The molecule has 2 nitrogen and oxygen atoms in total. The van der Waals surface area contributed by atoms with Crippen LogP contribution in [-0.4, -0.2) is 11.8 Å². The second-order valence-corrected chi connectivity index (χ2v) is 5.24. The van der Waals surface area contributed by atoms with Crippen LogP contribution in [0.5, 0.6) is 0 Å². The first-order valence-corrected chi connectivity index (χ1v) is 7.04. The minimum absolute atomic E-state index is 0.0638. The molecule has 0 heterocycles. The Morgan fingerprint density at radius 2 is 2.24 bits per heavy atom. The second kappa shape index (κ2) is 8.16. The first-order chi connectivity index (χ1) is 8.30. The summed E-state index contributed by atoms with van der Waals surface area (Å²) >= 11 is 1.65. The molecule has 17 heavy (non-hydrogen) atoms. The van der Waals surface area contributed by atoms with E-state index < -0.39 is 0 Å². The summed E-state index contributed by atoms with van der Waals surface area (Å²) in [4.78, 5) is 1.19. The zero-order chi connectivity index (χ0) is 12.5. The number of nitrogens with one attached hydrogen (secondary N) is 1. The predicted octanol–water partition coefficient (Wildman–Crippen LogP) is 3.58. The third-order valence-electron chi connectivity index (χ3n) is 2.45. The topological polar surface area (TPSA) is 35.8 Å². The summed E-state index contributed by atoms with van der Waals surface area (Å²) in [7, 11) is 0. The molecular formula is C14H20N2S. The molecule has 0 aliphatic heterocycles. The Bertz CT molecular complexity index is 371. The standard InChI is InChI=1S/C14H20N2S/c1-3-8-16-11-12-6-5-7-14(9-12)17-13(4-2)10-15/h5-7,9,13,16H,3-4,8,11H2,1-2H3. The van der Waals surface area contributed by atoms with Crippen LogP contribution in [0, 0.1) is 11.3 Å². The first kappa shape index (κ1) is 14.1. The van der Waals surface area contributed by atoms with Gasteiger partial charge in [-0.2, -0.15) is 5.26 Å². The quantitative estimate of drug-likeness (QED) is 0.592. The van der Waals surface area contributed by atoms with Gasteiger partial charge in [0.15, 0.2) is 0 Å². The summed E-state index contributed by atoms with van der Waals surface area (Å²) in [5, 5.41) is 12.4. The fraction of sp³-hybridized carbons (Fsp3) is 0.500. The zero-order valence-corrected chi connectivity index (χ0v) is 11.4. The highest BCUT2D eigenvalue weighted by Crippen LogP contribution is 2.25. The number of nitrogens with zero attached hydrogens (tertiary/aromatic N) is 1. The summed E-state index contributed by atoms with van der Waals surface area (Å²) in [6.07, 6.45) is 2.04. The van der Waals surface area contributed by atoms with Gasteiger partial charge >= 0.3 is 0 Å². The highest BCUT2D eigenvalue weighted by Gasteiger charge is 2.06. The molecule has 0 bridgehead atoms. The van der Waals surface area contributed by atoms with Crippen LogP contribution < -0.4 is 5.32 Å². The maximum Gasteiger partial charge on any atom is 0.0961 e. The van der Waals surface area contributed by atoms with Gasteiger partial charge in [-0.15, -0.1) is 11.8 Å². The Morgan fingerprint density at radius 3 is 2.88 bits per heavy atom. The number of thioether (sulfide) groups is 1. The van der Waals surface area contributed by atoms with Crippen LogP contribution >= 0.6 is 11.8 Å². The van der Waals surface area contributed by atoms with E-state index in [9.17, 15) is 0 Å². The summed E-state index contributed by atoms with van der Waals surface area (Å²) in [5.41, 5.74) is 1.29. The molecule has 1 atom stereocenters. The number of benzene rings is 1. The summed E-state index contributed by atoms with van der Waals surface area (Å²) < 4.78 is 0. The molecule has 0 aliphatic carbocycles. The maximum absolute atomic E-state index is 8.95. The Morgan fingerprint density at radius 1 is 1.41 bits per heavy atom. The Hall–Kier alpha value is -0.980. The average molecular weight is 248 g/mol. The van der Waals surface area contributed by atoms with Gasteiger partial charge < -0.3 is 5.32 Å². The largest absolute Gasteiger partial charge is 0.313 e. The smallest absolute Gasteiger partial charge is 0.0961 e. The minimum Gasteiger partial charge on any atom is -0.313 e. The summed E-state index contributed by atoms with van der Waals surface area (Å²) in [5.74, 6) is 0. The van der Waals surface area contributed by atoms with Crippen LogP contribution in [0.15, 0.2) is 29.2 Å². The Balaban J connectivity index is 2.56. The highest BCUT2D eigenvalue weighted by atomic mass is 32.2. The lowest BCUT2D eigenvalue weighted by atomic mass is 10.2. The van der Waals surface area contributed by atoms with Crippen molar-refractivity contribution in [2.24, 2.45) is 0 Å². The molecule has 0 spiro atoms. The molecule has 0 amide bonds. The van der Waals surface area contributed by atoms with Crippen molar-refractivity contribution in [3.63, 3.8) is 0 Å². The molecule has 1 rings (SSSR count). The van der Waals surface area contributed by atoms with Crippen LogP contribution in [0.25, 0.3) is 0 Å². The van der Waals surface area contributed by atoms with Gasteiger partial charge in [-0.25, -0.2) is 0 Å². The van der Waals surface area contributed by atoms with Crippen molar-refractivity contribution in [2.75, 3.05) is 6.54 Å². The molecule has 1 N–H and O–H groups in total. The molecule has 92 valence electrons. The highest BCUT2D eigenvalue weighted by molar-refractivity contribution is 8.00. The molecule has 0 aliphatic rings. The van der Waals surface area contributed by atoms with Crippen molar-refractivity contribution in [3.8, 4) is 6.07 Å². The van der Waals surface area contributed by atoms with Gasteiger partial charge in [0, 0.05) is 11.4 Å². The van der Waals surface area contributed by atoms with Crippen LogP contribution in [0.3, 0.4) is 0 Å². The number of nitriles is 1. The van der Waals surface area contributed by atoms with Crippen molar-refractivity contribution in [1.29, 1.82) is 5.26 Å². The van der Waals surface area contributed by atoms with Gasteiger partial charge in [0.2, 0.25) is 0 Å². The van der Waals surface area contributed by atoms with Gasteiger partial charge in [-0.05, 0) is 37.1 Å². The first-order valence-electron chi connectivity index (χ1n) is 6.16. The van der Waals surface area contributed by atoms with E-state index in [1.165, 1.54) is 10.5 Å². The molecule has 1 aromatic carbocycles. The normalized spacial score (nSPS) is 12.1. The van der Waals surface area contributed by atoms with Crippen molar-refractivity contribution in [3.05, 3.63) is 29.8 Å². The molecule has 0 fully saturated rings. The van der Waals surface area contributed by atoms with Crippen molar-refractivity contribution < 1.29 is 0 Å². The number of hydrogen-bond acceptors (Lipinski definition) is 3. The lowest BCUT2D eigenvalue weighted by molar-refractivity contribution is 0.674. The Kier molecular flexibility index (Phi) is 6.76. The monoisotopic (exact) mass is 248 g/mol. The fourth-order valence-corrected chi connectivity index (χ4v) is 2.43. The molecule has 1 aromatic rings. The average Bonchev–Trinajstić information content (AvgIpc) is 2.37. The lowest BCUT2D eigenvalue weighted by Gasteiger charge is -2.08. The third-order valence-corrected chi connectivity index (χ3v) is 3.70. The fourth-order valence-electron chi connectivity index (χ4n) is 1.50. The molecule has 0 radical (unpaired) electrons. The van der Waals surface area contributed by atoms with E-state index in [0.717, 1.165) is 25.9 Å². The number of rotatable bonds is 7. The lowest BCUT2D eigenvalue weighted by Crippen LogP contribution is -2.13. The van der Waals surface area contributed by atoms with E-state index in [-0.39, 0.29) is 5.25 Å². The van der Waals surface area contributed by atoms with E-state index in [1.807, 2.05) is 6.92 Å². The van der Waals surface area contributed by atoms with Gasteiger partial charge in [0.1, 0.15) is 0 Å². The van der Waals surface area contributed by atoms with Crippen LogP contribution in [0.2, 0.25) is 0 Å². The van der Waals surface area contributed by atoms with E-state index in [1.54, 1.807) is 11.8 Å². The SMILES string of the molecule is CCCNCc1cccc(SC(C#N)CC)c1. The number of hydrogen-bond donors (Lipinski definition) is 1. The van der Waals surface area contributed by atoms with Crippen LogP contribution in [-0.2, 0) is 6.54 Å². The maximum atomic E-state index is 8.95. The molecular weight excluding hydrogens is 228 g/mol. The van der Waals surface area contributed by atoms with Crippen LogP contribution in [0.1, 0.15) is 32.3 Å². The molecule has 1 unspecified atom stereocenters. The van der Waals surface area contributed by atoms with Gasteiger partial charge in [-0.1, -0.05) is 26.0 Å². The van der Waals surface area contributed by atoms with Crippen molar-refractivity contribution >= 4 is 11.8 Å². The second-order valence-electron chi connectivity index (χ2n) is 3.97. The van der Waals surface area contributed by atoms with Crippen molar-refractivity contribution in [2.45, 2.75) is 43.4 Å². The molecule has 0 aromatic heterocycles. The molecule has 0 saturated carbocycles.